The molecule has 1 saturated heterocycles. The van der Waals surface area contributed by atoms with E-state index in [-0.39, 0.29) is 24.7 Å². The first kappa shape index (κ1) is 20.5. The highest BCUT2D eigenvalue weighted by atomic mass is 35.5. The number of rotatable bonds is 5. The first-order chi connectivity index (χ1) is 14.5. The van der Waals surface area contributed by atoms with Crippen LogP contribution in [0.5, 0.6) is 0 Å². The Labute approximate surface area is 186 Å². The van der Waals surface area contributed by atoms with E-state index in [1.165, 1.54) is 16.2 Å². The average molecular weight is 457 g/mol. The number of hydrogen-bond acceptors (Lipinski definition) is 6. The number of thiazole rings is 1. The van der Waals surface area contributed by atoms with Gasteiger partial charge in [0.15, 0.2) is 11.7 Å². The van der Waals surface area contributed by atoms with E-state index in [0.29, 0.717) is 32.1 Å². The van der Waals surface area contributed by atoms with Crippen LogP contribution in [0.15, 0.2) is 48.0 Å². The first-order valence-electron chi connectivity index (χ1n) is 9.03. The number of aromatic nitrogens is 2. The van der Waals surface area contributed by atoms with Gasteiger partial charge in [0.1, 0.15) is 5.01 Å². The molecule has 1 aliphatic heterocycles. The van der Waals surface area contributed by atoms with Gasteiger partial charge in [-0.1, -0.05) is 29.3 Å². The normalized spacial score (nSPS) is 17.0. The zero-order valence-corrected chi connectivity index (χ0v) is 17.8. The molecule has 3 heterocycles. The van der Waals surface area contributed by atoms with Gasteiger partial charge < -0.3 is 4.90 Å². The van der Waals surface area contributed by atoms with Crippen molar-refractivity contribution in [3.05, 3.63) is 63.0 Å². The van der Waals surface area contributed by atoms with E-state index in [2.05, 4.69) is 16.0 Å². The van der Waals surface area contributed by atoms with Crippen molar-refractivity contribution in [3.63, 3.8) is 0 Å². The summed E-state index contributed by atoms with van der Waals surface area (Å²) in [4.78, 5) is 35.8. The van der Waals surface area contributed by atoms with Gasteiger partial charge in [-0.25, -0.2) is 4.98 Å². The van der Waals surface area contributed by atoms with Crippen molar-refractivity contribution in [2.75, 3.05) is 11.4 Å². The molecule has 0 aliphatic carbocycles. The number of ketones is 1. The van der Waals surface area contributed by atoms with E-state index in [4.69, 9.17) is 23.2 Å². The molecule has 0 radical (unpaired) electrons. The molecule has 2 atom stereocenters. The lowest BCUT2D eigenvalue weighted by atomic mass is 9.93. The second kappa shape index (κ2) is 8.52. The maximum Gasteiger partial charge on any atom is 0.227 e. The molecule has 0 bridgehead atoms. The quantitative estimate of drug-likeness (QED) is 0.552. The number of hydrogen-bond donors (Lipinski definition) is 0. The highest BCUT2D eigenvalue weighted by molar-refractivity contribution is 7.10. The van der Waals surface area contributed by atoms with Gasteiger partial charge in [-0.3, -0.25) is 14.6 Å². The lowest BCUT2D eigenvalue weighted by molar-refractivity contribution is -0.124. The number of nitriles is 1. The summed E-state index contributed by atoms with van der Waals surface area (Å²) < 4.78 is 0. The Kier molecular flexibility index (Phi) is 5.82. The van der Waals surface area contributed by atoms with E-state index >= 15 is 0 Å². The Bertz CT molecular complexity index is 1140. The second-order valence-corrected chi connectivity index (χ2v) is 8.55. The van der Waals surface area contributed by atoms with Crippen LogP contribution in [0, 0.1) is 17.2 Å². The molecular formula is C21H14Cl2N4O2S. The minimum absolute atomic E-state index is 0.0274. The summed E-state index contributed by atoms with van der Waals surface area (Å²) in [5.41, 5.74) is 1.82. The van der Waals surface area contributed by atoms with Crippen LogP contribution in [0.3, 0.4) is 0 Å². The number of halogens is 2. The van der Waals surface area contributed by atoms with E-state index in [0.717, 1.165) is 0 Å². The Morgan fingerprint density at radius 3 is 2.67 bits per heavy atom. The number of Topliss-reactive ketones (excluding diaryl/α,β-unsaturated/α-hetero) is 1. The number of carbonyl (C=O) groups excluding carboxylic acids is 2. The van der Waals surface area contributed by atoms with Gasteiger partial charge >= 0.3 is 0 Å². The smallest absolute Gasteiger partial charge is 0.227 e. The summed E-state index contributed by atoms with van der Waals surface area (Å²) in [6.07, 6.45) is 1.68. The van der Waals surface area contributed by atoms with Gasteiger partial charge in [0, 0.05) is 46.2 Å². The van der Waals surface area contributed by atoms with Crippen LogP contribution < -0.4 is 4.90 Å². The summed E-state index contributed by atoms with van der Waals surface area (Å²) in [7, 11) is 0. The molecule has 6 nitrogen and oxygen atoms in total. The zero-order chi connectivity index (χ0) is 21.3. The van der Waals surface area contributed by atoms with Gasteiger partial charge in [-0.05, 0) is 30.3 Å². The maximum absolute atomic E-state index is 13.1. The SMILES string of the molecule is N#CC(C(=O)C1CC(=O)N(c2cc(Cl)cc(Cl)c2)C1)c1nc(-c2ccccn2)cs1. The fourth-order valence-electron chi connectivity index (χ4n) is 3.37. The summed E-state index contributed by atoms with van der Waals surface area (Å²) in [6.45, 7) is 0.172. The topological polar surface area (TPSA) is 87.0 Å². The van der Waals surface area contributed by atoms with Gasteiger partial charge in [0.25, 0.3) is 0 Å². The molecule has 0 spiro atoms. The highest BCUT2D eigenvalue weighted by Gasteiger charge is 2.39. The molecule has 0 saturated carbocycles. The van der Waals surface area contributed by atoms with Crippen LogP contribution >= 0.6 is 34.5 Å². The minimum atomic E-state index is -1.03. The van der Waals surface area contributed by atoms with Gasteiger partial charge in [0.2, 0.25) is 5.91 Å². The van der Waals surface area contributed by atoms with Crippen molar-refractivity contribution in [1.29, 1.82) is 5.26 Å². The molecule has 1 aromatic carbocycles. The molecule has 2 unspecified atom stereocenters. The van der Waals surface area contributed by atoms with Gasteiger partial charge in [-0.15, -0.1) is 11.3 Å². The monoisotopic (exact) mass is 456 g/mol. The van der Waals surface area contributed by atoms with Crippen LogP contribution in [0.25, 0.3) is 11.4 Å². The van der Waals surface area contributed by atoms with E-state index < -0.39 is 11.8 Å². The van der Waals surface area contributed by atoms with Crippen molar-refractivity contribution in [1.82, 2.24) is 9.97 Å². The molecule has 1 aliphatic rings. The second-order valence-electron chi connectivity index (χ2n) is 6.78. The Morgan fingerprint density at radius 2 is 2.00 bits per heavy atom. The van der Waals surface area contributed by atoms with Crippen molar-refractivity contribution in [2.24, 2.45) is 5.92 Å². The molecule has 2 aromatic heterocycles. The lowest BCUT2D eigenvalue weighted by Gasteiger charge is -2.17. The predicted octanol–water partition coefficient (Wildman–Crippen LogP) is 4.74. The minimum Gasteiger partial charge on any atom is -0.312 e. The Balaban J connectivity index is 1.54. The third-order valence-corrected chi connectivity index (χ3v) is 6.14. The van der Waals surface area contributed by atoms with Gasteiger partial charge in [-0.2, -0.15) is 5.26 Å². The zero-order valence-electron chi connectivity index (χ0n) is 15.5. The number of nitrogens with zero attached hydrogens (tertiary/aromatic N) is 4. The molecular weight excluding hydrogens is 443 g/mol. The third-order valence-electron chi connectivity index (χ3n) is 4.80. The molecule has 0 N–H and O–H groups in total. The molecule has 30 heavy (non-hydrogen) atoms. The number of carbonyl (C=O) groups is 2. The Morgan fingerprint density at radius 1 is 1.23 bits per heavy atom. The van der Waals surface area contributed by atoms with Crippen LogP contribution in [-0.4, -0.2) is 28.2 Å². The highest BCUT2D eigenvalue weighted by Crippen LogP contribution is 2.34. The largest absolute Gasteiger partial charge is 0.312 e. The third kappa shape index (κ3) is 4.08. The van der Waals surface area contributed by atoms with Gasteiger partial charge in [0.05, 0.1) is 17.5 Å². The fraction of sp³-hybridized carbons (Fsp3) is 0.190. The summed E-state index contributed by atoms with van der Waals surface area (Å²) in [6, 6.07) is 12.3. The Hall–Kier alpha value is -2.79. The van der Waals surface area contributed by atoms with Crippen LogP contribution in [0.1, 0.15) is 17.3 Å². The first-order valence-corrected chi connectivity index (χ1v) is 10.7. The van der Waals surface area contributed by atoms with E-state index in [1.54, 1.807) is 35.8 Å². The molecule has 3 aromatic rings. The summed E-state index contributed by atoms with van der Waals surface area (Å²) >= 11 is 13.3. The fourth-order valence-corrected chi connectivity index (χ4v) is 4.75. The number of amides is 1. The van der Waals surface area contributed by atoms with Crippen molar-refractivity contribution < 1.29 is 9.59 Å². The van der Waals surface area contributed by atoms with Crippen LogP contribution in [-0.2, 0) is 9.59 Å². The van der Waals surface area contributed by atoms with Crippen molar-refractivity contribution in [3.8, 4) is 17.5 Å². The van der Waals surface area contributed by atoms with Crippen molar-refractivity contribution in [2.45, 2.75) is 12.3 Å². The summed E-state index contributed by atoms with van der Waals surface area (Å²) in [5, 5.41) is 12.6. The number of benzene rings is 1. The standard InChI is InChI=1S/C21H14Cl2N4O2S/c22-13-6-14(23)8-15(7-13)27-10-12(5-19(27)28)20(29)16(9-24)21-26-18(11-30-21)17-3-1-2-4-25-17/h1-4,6-8,11-12,16H,5,10H2. The number of pyridine rings is 1. The average Bonchev–Trinajstić information content (AvgIpc) is 3.36. The molecule has 1 fully saturated rings. The molecule has 1 amide bonds. The van der Waals surface area contributed by atoms with E-state index in [1.807, 2.05) is 12.1 Å². The van der Waals surface area contributed by atoms with Crippen LogP contribution in [0.2, 0.25) is 10.0 Å². The predicted molar refractivity (Wildman–Crippen MR) is 116 cm³/mol. The molecule has 9 heteroatoms. The number of anilines is 1. The molecule has 150 valence electrons. The van der Waals surface area contributed by atoms with E-state index in [9.17, 15) is 14.9 Å². The van der Waals surface area contributed by atoms with Crippen LogP contribution in [0.4, 0.5) is 5.69 Å². The molecule has 4 rings (SSSR count). The maximum atomic E-state index is 13.1. The van der Waals surface area contributed by atoms with Crippen molar-refractivity contribution >= 4 is 51.9 Å². The lowest BCUT2D eigenvalue weighted by Crippen LogP contribution is -2.27. The summed E-state index contributed by atoms with van der Waals surface area (Å²) in [5.74, 6) is -2.17.